The van der Waals surface area contributed by atoms with Crippen molar-refractivity contribution in [2.24, 2.45) is 0 Å². The molecule has 1 N–H and O–H groups in total. The maximum Gasteiger partial charge on any atom is 0.260 e. The van der Waals surface area contributed by atoms with E-state index >= 15 is 0 Å². The van der Waals surface area contributed by atoms with Crippen molar-refractivity contribution in [2.45, 2.75) is 6.10 Å². The van der Waals surface area contributed by atoms with Gasteiger partial charge in [-0.3, -0.25) is 9.78 Å². The first-order valence-electron chi connectivity index (χ1n) is 7.79. The molecule has 2 heterocycles. The minimum atomic E-state index is -0.145. The highest BCUT2D eigenvalue weighted by Crippen LogP contribution is 2.31. The lowest BCUT2D eigenvalue weighted by Crippen LogP contribution is -2.40. The van der Waals surface area contributed by atoms with E-state index in [4.69, 9.17) is 9.47 Å². The number of nitrogens with one attached hydrogen (secondary N) is 1. The van der Waals surface area contributed by atoms with Crippen LogP contribution in [-0.2, 0) is 0 Å². The molecule has 3 aromatic rings. The van der Waals surface area contributed by atoms with Crippen molar-refractivity contribution >= 4 is 16.9 Å². The molecule has 6 nitrogen and oxygen atoms in total. The first-order valence-corrected chi connectivity index (χ1v) is 7.79. The van der Waals surface area contributed by atoms with Crippen LogP contribution in [0.4, 0.5) is 5.95 Å². The summed E-state index contributed by atoms with van der Waals surface area (Å²) in [6.45, 7) is 1.01. The van der Waals surface area contributed by atoms with Crippen molar-refractivity contribution < 1.29 is 9.47 Å². The lowest BCUT2D eigenvalue weighted by molar-refractivity contribution is 0.0958. The number of para-hydroxylation sites is 3. The van der Waals surface area contributed by atoms with Crippen LogP contribution in [0.2, 0.25) is 0 Å². The number of hydrogen-bond acceptors (Lipinski definition) is 5. The summed E-state index contributed by atoms with van der Waals surface area (Å²) in [5.74, 6) is 2.01. The number of aromatic amines is 1. The summed E-state index contributed by atoms with van der Waals surface area (Å²) in [6, 6.07) is 14.9. The Morgan fingerprint density at radius 3 is 2.79 bits per heavy atom. The SMILES string of the molecule is CN(C[C@H]1COc2ccccc2O1)c1nc2ccccc2c(=O)[nH]1. The van der Waals surface area contributed by atoms with Gasteiger partial charge in [-0.05, 0) is 24.3 Å². The number of rotatable bonds is 3. The van der Waals surface area contributed by atoms with Crippen LogP contribution in [0.5, 0.6) is 11.5 Å². The van der Waals surface area contributed by atoms with Crippen LogP contribution in [0.15, 0.2) is 53.3 Å². The number of anilines is 1. The van der Waals surface area contributed by atoms with Crippen molar-refractivity contribution in [3.8, 4) is 11.5 Å². The van der Waals surface area contributed by atoms with Crippen molar-refractivity contribution in [3.63, 3.8) is 0 Å². The number of H-pyrrole nitrogens is 1. The molecule has 0 spiro atoms. The highest BCUT2D eigenvalue weighted by molar-refractivity contribution is 5.78. The molecule has 0 saturated heterocycles. The standard InChI is InChI=1S/C18H17N3O3/c1-21(10-12-11-23-15-8-4-5-9-16(15)24-12)18-19-14-7-3-2-6-13(14)17(22)20-18/h2-9,12H,10-11H2,1H3,(H,19,20,22)/t12-/m0/s1. The van der Waals surface area contributed by atoms with Crippen LogP contribution in [0.1, 0.15) is 0 Å². The summed E-state index contributed by atoms with van der Waals surface area (Å²) in [7, 11) is 1.87. The van der Waals surface area contributed by atoms with E-state index in [1.54, 1.807) is 6.07 Å². The second-order valence-electron chi connectivity index (χ2n) is 5.78. The molecule has 0 unspecified atom stereocenters. The lowest BCUT2D eigenvalue weighted by Gasteiger charge is -2.29. The summed E-state index contributed by atoms with van der Waals surface area (Å²) < 4.78 is 11.7. The van der Waals surface area contributed by atoms with Gasteiger partial charge >= 0.3 is 0 Å². The van der Waals surface area contributed by atoms with Gasteiger partial charge in [0.25, 0.3) is 5.56 Å². The Kier molecular flexibility index (Phi) is 3.57. The van der Waals surface area contributed by atoms with Gasteiger partial charge in [-0.15, -0.1) is 0 Å². The Balaban J connectivity index is 1.55. The average molecular weight is 323 g/mol. The summed E-state index contributed by atoms with van der Waals surface area (Å²) in [5, 5.41) is 0.584. The quantitative estimate of drug-likeness (QED) is 0.800. The molecule has 122 valence electrons. The summed E-state index contributed by atoms with van der Waals surface area (Å²) in [5.41, 5.74) is 0.530. The first kappa shape index (κ1) is 14.6. The zero-order valence-electron chi connectivity index (χ0n) is 13.2. The van der Waals surface area contributed by atoms with Gasteiger partial charge in [-0.25, -0.2) is 4.98 Å². The molecule has 0 radical (unpaired) electrons. The second kappa shape index (κ2) is 5.88. The van der Waals surface area contributed by atoms with Crippen LogP contribution in [0.3, 0.4) is 0 Å². The molecule has 0 bridgehead atoms. The maximum absolute atomic E-state index is 12.2. The molecule has 0 amide bonds. The normalized spacial score (nSPS) is 16.1. The number of benzene rings is 2. The fourth-order valence-corrected chi connectivity index (χ4v) is 2.80. The van der Waals surface area contributed by atoms with E-state index in [0.29, 0.717) is 30.0 Å². The smallest absolute Gasteiger partial charge is 0.260 e. The zero-order chi connectivity index (χ0) is 16.5. The molecule has 4 rings (SSSR count). The summed E-state index contributed by atoms with van der Waals surface area (Å²) >= 11 is 0. The van der Waals surface area contributed by atoms with Gasteiger partial charge in [0.2, 0.25) is 5.95 Å². The lowest BCUT2D eigenvalue weighted by atomic mass is 10.2. The number of nitrogens with zero attached hydrogens (tertiary/aromatic N) is 2. The molecule has 2 aromatic carbocycles. The molecule has 0 fully saturated rings. The van der Waals surface area contributed by atoms with Crippen LogP contribution < -0.4 is 19.9 Å². The predicted octanol–water partition coefficient (Wildman–Crippen LogP) is 2.20. The van der Waals surface area contributed by atoms with Crippen molar-refractivity contribution in [1.82, 2.24) is 9.97 Å². The Morgan fingerprint density at radius 1 is 1.17 bits per heavy atom. The van der Waals surface area contributed by atoms with Gasteiger partial charge in [-0.1, -0.05) is 24.3 Å². The number of fused-ring (bicyclic) bond motifs is 2. The van der Waals surface area contributed by atoms with Gasteiger partial charge < -0.3 is 14.4 Å². The minimum Gasteiger partial charge on any atom is -0.486 e. The number of likely N-dealkylation sites (N-methyl/N-ethyl adjacent to an activating group) is 1. The summed E-state index contributed by atoms with van der Waals surface area (Å²) in [6.07, 6.45) is -0.137. The van der Waals surface area contributed by atoms with Crippen LogP contribution in [-0.4, -0.2) is 36.3 Å². The fraction of sp³-hybridized carbons (Fsp3) is 0.222. The number of hydrogen-bond donors (Lipinski definition) is 1. The van der Waals surface area contributed by atoms with Gasteiger partial charge in [0, 0.05) is 7.05 Å². The molecule has 0 aliphatic carbocycles. The van der Waals surface area contributed by atoms with Gasteiger partial charge in [0.15, 0.2) is 17.6 Å². The monoisotopic (exact) mass is 323 g/mol. The molecule has 1 aromatic heterocycles. The molecule has 6 heteroatoms. The molecular formula is C18H17N3O3. The Labute approximate surface area is 138 Å². The number of aromatic nitrogens is 2. The van der Waals surface area contributed by atoms with Crippen LogP contribution >= 0.6 is 0 Å². The first-order chi connectivity index (χ1) is 11.7. The van der Waals surface area contributed by atoms with E-state index in [1.165, 1.54) is 0 Å². The van der Waals surface area contributed by atoms with Gasteiger partial charge in [0.1, 0.15) is 6.61 Å². The Hall–Kier alpha value is -3.02. The molecule has 24 heavy (non-hydrogen) atoms. The fourth-order valence-electron chi connectivity index (χ4n) is 2.80. The van der Waals surface area contributed by atoms with E-state index < -0.39 is 0 Å². The van der Waals surface area contributed by atoms with E-state index in [9.17, 15) is 4.79 Å². The highest BCUT2D eigenvalue weighted by Gasteiger charge is 2.22. The molecule has 1 aliphatic heterocycles. The Morgan fingerprint density at radius 2 is 1.92 bits per heavy atom. The maximum atomic E-state index is 12.2. The van der Waals surface area contributed by atoms with Gasteiger partial charge in [0.05, 0.1) is 17.4 Å². The predicted molar refractivity (Wildman–Crippen MR) is 92.0 cm³/mol. The third-order valence-corrected chi connectivity index (χ3v) is 4.01. The van der Waals surface area contributed by atoms with Crippen LogP contribution in [0.25, 0.3) is 10.9 Å². The largest absolute Gasteiger partial charge is 0.486 e. The highest BCUT2D eigenvalue weighted by atomic mass is 16.6. The summed E-state index contributed by atoms with van der Waals surface area (Å²) in [4.78, 5) is 21.4. The Bertz CT molecular complexity index is 938. The van der Waals surface area contributed by atoms with Crippen LogP contribution in [0, 0.1) is 0 Å². The average Bonchev–Trinajstić information content (AvgIpc) is 2.61. The molecular weight excluding hydrogens is 306 g/mol. The van der Waals surface area contributed by atoms with E-state index in [2.05, 4.69) is 9.97 Å². The minimum absolute atomic E-state index is 0.137. The molecule has 0 saturated carbocycles. The van der Waals surface area contributed by atoms with E-state index in [1.807, 2.05) is 54.4 Å². The van der Waals surface area contributed by atoms with Crippen molar-refractivity contribution in [2.75, 3.05) is 25.1 Å². The topological polar surface area (TPSA) is 67.5 Å². The molecule has 1 atom stereocenters. The third-order valence-electron chi connectivity index (χ3n) is 4.01. The van der Waals surface area contributed by atoms with Gasteiger partial charge in [-0.2, -0.15) is 0 Å². The van der Waals surface area contributed by atoms with Crippen molar-refractivity contribution in [1.29, 1.82) is 0 Å². The second-order valence-corrected chi connectivity index (χ2v) is 5.78. The number of ether oxygens (including phenoxy) is 2. The third kappa shape index (κ3) is 2.67. The molecule has 1 aliphatic rings. The van der Waals surface area contributed by atoms with E-state index in [0.717, 1.165) is 11.5 Å². The van der Waals surface area contributed by atoms with E-state index in [-0.39, 0.29) is 11.7 Å². The van der Waals surface area contributed by atoms with Crippen molar-refractivity contribution in [3.05, 3.63) is 58.9 Å². The zero-order valence-corrected chi connectivity index (χ0v) is 13.2.